The number of urea groups is 1. The van der Waals surface area contributed by atoms with E-state index in [2.05, 4.69) is 52.2 Å². The van der Waals surface area contributed by atoms with Crippen LogP contribution in [0, 0.1) is 10.8 Å². The molecule has 3 heteroatoms. The Bertz CT molecular complexity index is 211. The van der Waals surface area contributed by atoms with Crippen LogP contribution in [0.2, 0.25) is 0 Å². The van der Waals surface area contributed by atoms with Crippen LogP contribution in [-0.2, 0) is 0 Å². The van der Waals surface area contributed by atoms with E-state index in [0.717, 1.165) is 0 Å². The number of hydrogen-bond donors (Lipinski definition) is 2. The van der Waals surface area contributed by atoms with E-state index in [1.807, 2.05) is 0 Å². The Morgan fingerprint density at radius 1 is 0.857 bits per heavy atom. The molecule has 0 aliphatic carbocycles. The molecule has 0 bridgehead atoms. The Hall–Kier alpha value is -0.730. The van der Waals surface area contributed by atoms with Crippen LogP contribution in [0.5, 0.6) is 0 Å². The van der Waals surface area contributed by atoms with Gasteiger partial charge in [-0.05, 0) is 10.8 Å². The number of carbonyl (C=O) groups excluding carboxylic acids is 1. The van der Waals surface area contributed by atoms with E-state index < -0.39 is 0 Å². The zero-order valence-electron chi connectivity index (χ0n) is 10.1. The maximum absolute atomic E-state index is 11.3. The van der Waals surface area contributed by atoms with Crippen molar-refractivity contribution >= 4 is 6.03 Å². The average molecular weight is 198 g/mol. The monoisotopic (exact) mass is 198 g/mol. The van der Waals surface area contributed by atoms with Crippen molar-refractivity contribution in [1.82, 2.24) is 10.6 Å². The number of nitrogens with one attached hydrogen (secondary N) is 2. The van der Waals surface area contributed by atoms with Gasteiger partial charge < -0.3 is 10.6 Å². The maximum atomic E-state index is 11.3. The van der Waals surface area contributed by atoms with Gasteiger partial charge in [-0.3, -0.25) is 0 Å². The van der Waals surface area contributed by atoms with Crippen molar-refractivity contribution < 1.29 is 4.79 Å². The third-order valence-corrected chi connectivity index (χ3v) is 2.77. The van der Waals surface area contributed by atoms with Gasteiger partial charge in [0.15, 0.2) is 0 Å². The largest absolute Gasteiger partial charge is 0.333 e. The van der Waals surface area contributed by atoms with Crippen molar-refractivity contribution in [1.29, 1.82) is 0 Å². The lowest BCUT2D eigenvalue weighted by atomic mass is 9.74. The van der Waals surface area contributed by atoms with Crippen LogP contribution in [0.4, 0.5) is 4.79 Å². The van der Waals surface area contributed by atoms with Gasteiger partial charge in [-0.15, -0.1) is 0 Å². The summed E-state index contributed by atoms with van der Waals surface area (Å²) in [5.41, 5.74) is 0.189. The lowest BCUT2D eigenvalue weighted by Crippen LogP contribution is -2.50. The molecule has 0 aromatic heterocycles. The van der Waals surface area contributed by atoms with Crippen molar-refractivity contribution in [3.05, 3.63) is 0 Å². The van der Waals surface area contributed by atoms with Crippen LogP contribution in [0.15, 0.2) is 0 Å². The summed E-state index contributed by atoms with van der Waals surface area (Å²) in [4.78, 5) is 11.3. The highest BCUT2D eigenvalue weighted by Crippen LogP contribution is 2.33. The predicted octanol–water partition coefficient (Wildman–Crippen LogP) is 2.13. The van der Waals surface area contributed by atoms with Crippen LogP contribution in [0.25, 0.3) is 0 Å². The molecule has 14 heavy (non-hydrogen) atoms. The summed E-state index contributed by atoms with van der Waals surface area (Å²) < 4.78 is 0. The third kappa shape index (κ3) is 2.20. The van der Waals surface area contributed by atoms with Crippen molar-refractivity contribution in [2.24, 2.45) is 10.8 Å². The zero-order valence-corrected chi connectivity index (χ0v) is 10.1. The summed E-state index contributed by atoms with van der Waals surface area (Å²) in [6.07, 6.45) is 0. The van der Waals surface area contributed by atoms with E-state index in [-0.39, 0.29) is 28.9 Å². The summed E-state index contributed by atoms with van der Waals surface area (Å²) in [6, 6.07) is 0.370. The van der Waals surface area contributed by atoms with E-state index in [9.17, 15) is 4.79 Å². The second-order valence-corrected chi connectivity index (χ2v) is 6.31. The maximum Gasteiger partial charge on any atom is 0.315 e. The van der Waals surface area contributed by atoms with Crippen LogP contribution in [-0.4, -0.2) is 18.1 Å². The number of amides is 2. The average Bonchev–Trinajstić information content (AvgIpc) is 2.27. The first-order valence-electron chi connectivity index (χ1n) is 5.19. The molecule has 0 aromatic rings. The molecule has 1 aliphatic rings. The summed E-state index contributed by atoms with van der Waals surface area (Å²) in [7, 11) is 0. The highest BCUT2D eigenvalue weighted by molar-refractivity contribution is 5.77. The molecule has 0 spiro atoms. The summed E-state index contributed by atoms with van der Waals surface area (Å²) in [5.74, 6) is 0. The van der Waals surface area contributed by atoms with Crippen molar-refractivity contribution in [3.8, 4) is 0 Å². The summed E-state index contributed by atoms with van der Waals surface area (Å²) in [6.45, 7) is 12.9. The van der Waals surface area contributed by atoms with E-state index in [4.69, 9.17) is 0 Å². The van der Waals surface area contributed by atoms with E-state index in [1.54, 1.807) is 0 Å². The second kappa shape index (κ2) is 3.14. The molecular weight excluding hydrogens is 176 g/mol. The lowest BCUT2D eigenvalue weighted by Gasteiger charge is -2.37. The van der Waals surface area contributed by atoms with Crippen LogP contribution < -0.4 is 10.6 Å². The molecule has 1 aliphatic heterocycles. The molecule has 2 N–H and O–H groups in total. The minimum absolute atomic E-state index is 0.0372. The number of carbonyl (C=O) groups is 1. The van der Waals surface area contributed by atoms with Crippen LogP contribution in [0.3, 0.4) is 0 Å². The van der Waals surface area contributed by atoms with Gasteiger partial charge in [0.25, 0.3) is 0 Å². The Morgan fingerprint density at radius 3 is 1.36 bits per heavy atom. The molecule has 0 unspecified atom stereocenters. The Labute approximate surface area is 86.6 Å². The van der Waals surface area contributed by atoms with Gasteiger partial charge in [0, 0.05) is 0 Å². The smallest absolute Gasteiger partial charge is 0.315 e. The third-order valence-electron chi connectivity index (χ3n) is 2.77. The Morgan fingerprint density at radius 2 is 1.14 bits per heavy atom. The minimum atomic E-state index is -0.0372. The predicted molar refractivity (Wildman–Crippen MR) is 58.2 cm³/mol. The topological polar surface area (TPSA) is 41.1 Å². The first-order chi connectivity index (χ1) is 6.12. The molecule has 2 amide bonds. The fourth-order valence-electron chi connectivity index (χ4n) is 1.92. The molecule has 82 valence electrons. The fraction of sp³-hybridized carbons (Fsp3) is 0.909. The SMILES string of the molecule is CC(C)(C)[C@@H]1NC(=O)N[C@H]1C(C)(C)C. The highest BCUT2D eigenvalue weighted by Gasteiger charge is 2.44. The van der Waals surface area contributed by atoms with Crippen molar-refractivity contribution in [2.45, 2.75) is 53.6 Å². The Balaban J connectivity index is 2.89. The normalized spacial score (nSPS) is 28.6. The van der Waals surface area contributed by atoms with Crippen molar-refractivity contribution in [2.75, 3.05) is 0 Å². The molecule has 3 nitrogen and oxygen atoms in total. The molecule has 1 fully saturated rings. The summed E-state index contributed by atoms with van der Waals surface area (Å²) >= 11 is 0. The molecule has 1 heterocycles. The molecule has 1 saturated heterocycles. The molecular formula is C11H22N2O. The first kappa shape index (κ1) is 11.3. The number of rotatable bonds is 0. The van der Waals surface area contributed by atoms with Gasteiger partial charge >= 0.3 is 6.03 Å². The zero-order chi connectivity index (χ0) is 11.1. The van der Waals surface area contributed by atoms with Gasteiger partial charge in [0.2, 0.25) is 0 Å². The highest BCUT2D eigenvalue weighted by atomic mass is 16.2. The van der Waals surface area contributed by atoms with E-state index in [0.29, 0.717) is 0 Å². The van der Waals surface area contributed by atoms with Crippen LogP contribution >= 0.6 is 0 Å². The standard InChI is InChI=1S/C11H22N2O/c1-10(2,3)7-8(11(4,5)6)13-9(14)12-7/h7-8H,1-6H3,(H2,12,13,14)/t7-,8-/m1/s1. The lowest BCUT2D eigenvalue weighted by molar-refractivity contribution is 0.184. The van der Waals surface area contributed by atoms with Crippen LogP contribution in [0.1, 0.15) is 41.5 Å². The quantitative estimate of drug-likeness (QED) is 0.615. The minimum Gasteiger partial charge on any atom is -0.333 e. The number of hydrogen-bond acceptors (Lipinski definition) is 1. The first-order valence-corrected chi connectivity index (χ1v) is 5.19. The molecule has 1 rings (SSSR count). The molecule has 2 atom stereocenters. The molecule has 0 radical (unpaired) electrons. The summed E-state index contributed by atoms with van der Waals surface area (Å²) in [5, 5.41) is 6.00. The van der Waals surface area contributed by atoms with Gasteiger partial charge in [-0.2, -0.15) is 0 Å². The van der Waals surface area contributed by atoms with Gasteiger partial charge in [-0.1, -0.05) is 41.5 Å². The fourth-order valence-corrected chi connectivity index (χ4v) is 1.92. The molecule has 0 saturated carbocycles. The van der Waals surface area contributed by atoms with Gasteiger partial charge in [-0.25, -0.2) is 4.79 Å². The van der Waals surface area contributed by atoms with Crippen molar-refractivity contribution in [3.63, 3.8) is 0 Å². The Kier molecular flexibility index (Phi) is 2.55. The van der Waals surface area contributed by atoms with E-state index in [1.165, 1.54) is 0 Å². The second-order valence-electron chi connectivity index (χ2n) is 6.31. The van der Waals surface area contributed by atoms with Gasteiger partial charge in [0.1, 0.15) is 0 Å². The van der Waals surface area contributed by atoms with E-state index >= 15 is 0 Å². The molecule has 0 aromatic carbocycles. The van der Waals surface area contributed by atoms with Gasteiger partial charge in [0.05, 0.1) is 12.1 Å².